The Morgan fingerprint density at radius 1 is 0.812 bits per heavy atom. The molecule has 1 aromatic carbocycles. The standard InChI is InChI=1S/C27H43Si.3CH3.Ti/c1-11-20(6)28(21(7)12-2,27(10)18-19(5)22(8)23(27)9)26-16-24(13-3)15-25(14-4)17-26;;;;/h15-17,20-21H,11-14H2,1-10H3;3*1H3;/q4*-1;+4. The number of rotatable bonds is 8. The smallest absolute Gasteiger partial charge is 0.358 e. The maximum atomic E-state index is 4.08. The summed E-state index contributed by atoms with van der Waals surface area (Å²) in [5.74, 6) is 0. The van der Waals surface area contributed by atoms with Crippen molar-refractivity contribution in [2.75, 3.05) is 0 Å². The summed E-state index contributed by atoms with van der Waals surface area (Å²) in [4.78, 5) is 0. The fraction of sp³-hybridized carbons (Fsp3) is 0.567. The average molecular weight is 489 g/mol. The Morgan fingerprint density at radius 2 is 1.22 bits per heavy atom. The molecular weight excluding hydrogens is 436 g/mol. The Kier molecular flexibility index (Phi) is 16.0. The molecule has 2 heteroatoms. The van der Waals surface area contributed by atoms with Crippen LogP contribution in [0.1, 0.15) is 93.2 Å². The minimum atomic E-state index is -2.00. The molecule has 3 unspecified atom stereocenters. The van der Waals surface area contributed by atoms with E-state index in [1.54, 1.807) is 10.8 Å². The van der Waals surface area contributed by atoms with Gasteiger partial charge in [-0.3, -0.25) is 6.08 Å². The molecule has 0 fully saturated rings. The van der Waals surface area contributed by atoms with Crippen LogP contribution in [0.5, 0.6) is 0 Å². The fourth-order valence-corrected chi connectivity index (χ4v) is 14.0. The van der Waals surface area contributed by atoms with E-state index in [4.69, 9.17) is 0 Å². The third-order valence-corrected chi connectivity index (χ3v) is 15.6. The van der Waals surface area contributed by atoms with E-state index in [0.717, 1.165) is 12.8 Å². The number of benzene rings is 1. The van der Waals surface area contributed by atoms with E-state index in [0.29, 0.717) is 11.1 Å². The summed E-state index contributed by atoms with van der Waals surface area (Å²) >= 11 is 0. The van der Waals surface area contributed by atoms with Gasteiger partial charge in [0.1, 0.15) is 0 Å². The molecule has 0 saturated carbocycles. The minimum absolute atomic E-state index is 0. The van der Waals surface area contributed by atoms with Crippen LogP contribution in [0.15, 0.2) is 34.9 Å². The van der Waals surface area contributed by atoms with Gasteiger partial charge < -0.3 is 22.3 Å². The maximum absolute atomic E-state index is 4.08. The topological polar surface area (TPSA) is 0 Å². The minimum Gasteiger partial charge on any atom is -0.358 e. The van der Waals surface area contributed by atoms with Crippen LogP contribution in [0.4, 0.5) is 0 Å². The monoisotopic (exact) mass is 488 g/mol. The molecule has 180 valence electrons. The van der Waals surface area contributed by atoms with Crippen molar-refractivity contribution >= 4 is 13.3 Å². The first kappa shape index (κ1) is 36.2. The van der Waals surface area contributed by atoms with Crippen LogP contribution in [-0.4, -0.2) is 8.07 Å². The summed E-state index contributed by atoms with van der Waals surface area (Å²) in [6.45, 7) is 24.0. The molecule has 0 aromatic heterocycles. The van der Waals surface area contributed by atoms with Gasteiger partial charge in [0, 0.05) is 0 Å². The maximum Gasteiger partial charge on any atom is 4.00 e. The zero-order valence-corrected chi connectivity index (χ0v) is 26.3. The van der Waals surface area contributed by atoms with Crippen molar-refractivity contribution in [3.8, 4) is 0 Å². The molecule has 0 bridgehead atoms. The van der Waals surface area contributed by atoms with Crippen LogP contribution in [-0.2, 0) is 34.6 Å². The van der Waals surface area contributed by atoms with Gasteiger partial charge in [0.2, 0.25) is 0 Å². The van der Waals surface area contributed by atoms with Gasteiger partial charge in [0.25, 0.3) is 0 Å². The second-order valence-corrected chi connectivity index (χ2v) is 14.6. The normalized spacial score (nSPS) is 21.1. The molecule has 0 amide bonds. The second kappa shape index (κ2) is 14.1. The van der Waals surface area contributed by atoms with Gasteiger partial charge in [-0.25, -0.2) is 5.57 Å². The van der Waals surface area contributed by atoms with E-state index in [2.05, 4.69) is 93.5 Å². The van der Waals surface area contributed by atoms with Crippen molar-refractivity contribution in [3.05, 3.63) is 74.4 Å². The van der Waals surface area contributed by atoms with Crippen LogP contribution >= 0.6 is 0 Å². The molecule has 1 aliphatic carbocycles. The van der Waals surface area contributed by atoms with Gasteiger partial charge in [-0.2, -0.15) is 11.1 Å². The summed E-state index contributed by atoms with van der Waals surface area (Å²) < 4.78 is 0. The molecule has 0 spiro atoms. The van der Waals surface area contributed by atoms with Crippen molar-refractivity contribution in [1.82, 2.24) is 0 Å². The predicted molar refractivity (Wildman–Crippen MR) is 148 cm³/mol. The fourth-order valence-electron chi connectivity index (χ4n) is 6.02. The first-order valence-electron chi connectivity index (χ1n) is 11.6. The summed E-state index contributed by atoms with van der Waals surface area (Å²) in [6.07, 6.45) is 8.81. The quantitative estimate of drug-likeness (QED) is 0.253. The van der Waals surface area contributed by atoms with Crippen molar-refractivity contribution in [3.63, 3.8) is 0 Å². The van der Waals surface area contributed by atoms with E-state index in [-0.39, 0.29) is 49.0 Å². The molecule has 0 saturated heterocycles. The Labute approximate surface area is 219 Å². The molecule has 0 radical (unpaired) electrons. The Bertz CT molecular complexity index is 741. The Morgan fingerprint density at radius 3 is 1.50 bits per heavy atom. The average Bonchev–Trinajstić information content (AvgIpc) is 2.90. The molecule has 0 N–H and O–H groups in total. The van der Waals surface area contributed by atoms with Gasteiger partial charge in [0.05, 0.1) is 8.07 Å². The van der Waals surface area contributed by atoms with E-state index in [9.17, 15) is 0 Å². The van der Waals surface area contributed by atoms with E-state index in [1.807, 2.05) is 0 Å². The summed E-state index contributed by atoms with van der Waals surface area (Å²) in [7, 11) is -2.00. The summed E-state index contributed by atoms with van der Waals surface area (Å²) in [5, 5.41) is 1.76. The number of hydrogen-bond donors (Lipinski definition) is 0. The Hall–Kier alpha value is -0.369. The third kappa shape index (κ3) is 5.64. The number of hydrogen-bond acceptors (Lipinski definition) is 0. The van der Waals surface area contributed by atoms with Gasteiger partial charge in [-0.15, -0.1) is 6.92 Å². The molecule has 32 heavy (non-hydrogen) atoms. The number of allylic oxidation sites excluding steroid dienone is 4. The zero-order chi connectivity index (χ0) is 21.3. The van der Waals surface area contributed by atoms with Gasteiger partial charge >= 0.3 is 21.7 Å². The third-order valence-electron chi connectivity index (χ3n) is 8.27. The molecule has 0 nitrogen and oxygen atoms in total. The number of aryl methyl sites for hydroxylation is 2. The van der Waals surface area contributed by atoms with Crippen LogP contribution in [0.2, 0.25) is 16.1 Å². The summed E-state index contributed by atoms with van der Waals surface area (Å²) in [5.41, 5.74) is 8.89. The van der Waals surface area contributed by atoms with Crippen LogP contribution < -0.4 is 5.19 Å². The summed E-state index contributed by atoms with van der Waals surface area (Å²) in [6, 6.07) is 7.62. The molecular formula is C30H52SiTi. The van der Waals surface area contributed by atoms with E-state index in [1.165, 1.54) is 35.1 Å². The predicted octanol–water partition coefficient (Wildman–Crippen LogP) is 9.28. The molecule has 2 rings (SSSR count). The van der Waals surface area contributed by atoms with Gasteiger partial charge in [-0.1, -0.05) is 104 Å². The molecule has 0 heterocycles. The van der Waals surface area contributed by atoms with Gasteiger partial charge in [0.15, 0.2) is 0 Å². The van der Waals surface area contributed by atoms with Crippen molar-refractivity contribution in [2.45, 2.75) is 111 Å². The zero-order valence-electron chi connectivity index (χ0n) is 23.7. The Balaban J connectivity index is -0.00000210. The van der Waals surface area contributed by atoms with Crippen molar-refractivity contribution < 1.29 is 21.7 Å². The van der Waals surface area contributed by atoms with E-state index >= 15 is 0 Å². The first-order valence-corrected chi connectivity index (χ1v) is 13.7. The van der Waals surface area contributed by atoms with Crippen LogP contribution in [0.25, 0.3) is 0 Å². The van der Waals surface area contributed by atoms with Crippen LogP contribution in [0.3, 0.4) is 0 Å². The van der Waals surface area contributed by atoms with Crippen molar-refractivity contribution in [1.29, 1.82) is 0 Å². The first-order chi connectivity index (χ1) is 13.1. The molecule has 3 atom stereocenters. The van der Waals surface area contributed by atoms with Crippen molar-refractivity contribution in [2.24, 2.45) is 0 Å². The molecule has 0 aliphatic heterocycles. The molecule has 1 aromatic rings. The van der Waals surface area contributed by atoms with Crippen LogP contribution in [0, 0.1) is 28.4 Å². The molecule has 1 aliphatic rings. The second-order valence-electron chi connectivity index (χ2n) is 9.36. The SMILES string of the molecule is CCc1cc(CC)cc([Si](C(C)CC)(C(C)CC)C2(C)[C-]=C(C)C(C)=C2C)c1.[CH3-].[CH3-].[CH3-].[Ti+4]. The largest absolute Gasteiger partial charge is 4.00 e. The van der Waals surface area contributed by atoms with Gasteiger partial charge in [-0.05, 0) is 35.1 Å². The van der Waals surface area contributed by atoms with E-state index < -0.39 is 8.07 Å².